The van der Waals surface area contributed by atoms with Crippen molar-refractivity contribution < 1.29 is 8.42 Å². The minimum atomic E-state index is -3.66. The fourth-order valence-corrected chi connectivity index (χ4v) is 5.12. The molecule has 4 nitrogen and oxygen atoms in total. The van der Waals surface area contributed by atoms with E-state index in [0.29, 0.717) is 15.6 Å². The second-order valence-corrected chi connectivity index (χ2v) is 8.67. The number of rotatable bonds is 4. The average Bonchev–Trinajstić information content (AvgIpc) is 2.67. The Hall–Kier alpha value is -2.50. The van der Waals surface area contributed by atoms with Crippen molar-refractivity contribution in [2.45, 2.75) is 18.2 Å². The van der Waals surface area contributed by atoms with E-state index in [9.17, 15) is 8.42 Å². The number of aryl methyl sites for hydroxylation is 1. The number of sulfonamides is 1. The summed E-state index contributed by atoms with van der Waals surface area (Å²) < 4.78 is 28.0. The van der Waals surface area contributed by atoms with Crippen molar-refractivity contribution in [1.29, 1.82) is 0 Å². The van der Waals surface area contributed by atoms with Crippen molar-refractivity contribution in [3.63, 3.8) is 0 Å². The first-order chi connectivity index (χ1) is 13.0. The van der Waals surface area contributed by atoms with Gasteiger partial charge in [-0.3, -0.25) is 0 Å². The van der Waals surface area contributed by atoms with Crippen molar-refractivity contribution >= 4 is 33.0 Å². The highest BCUT2D eigenvalue weighted by atomic mass is 35.5. The lowest BCUT2D eigenvalue weighted by molar-refractivity contribution is 0.591. The third-order valence-corrected chi connectivity index (χ3v) is 6.79. The molecule has 3 aromatic rings. The molecule has 0 aliphatic carbocycles. The van der Waals surface area contributed by atoms with Gasteiger partial charge in [0.15, 0.2) is 0 Å². The standard InChI is InChI=1S/C21H19ClN2O2S/c1-2-15-10-11-20-19(12-15)18-8-3-4-9-21(18)27(25,26)24(20)14-23-17-7-5-6-16(22)13-17/h3-13,23H,2,14H2,1H3. The number of hydrogen-bond donors (Lipinski definition) is 1. The van der Waals surface area contributed by atoms with Crippen LogP contribution in [0.15, 0.2) is 71.6 Å². The van der Waals surface area contributed by atoms with Crippen LogP contribution >= 0.6 is 11.6 Å². The molecule has 0 spiro atoms. The molecular formula is C21H19ClN2O2S. The molecule has 27 heavy (non-hydrogen) atoms. The molecule has 0 saturated carbocycles. The highest BCUT2D eigenvalue weighted by Crippen LogP contribution is 2.43. The quantitative estimate of drug-likeness (QED) is 0.661. The monoisotopic (exact) mass is 398 g/mol. The molecule has 3 aromatic carbocycles. The fourth-order valence-electron chi connectivity index (χ4n) is 3.33. The van der Waals surface area contributed by atoms with Crippen LogP contribution < -0.4 is 9.62 Å². The Bertz CT molecular complexity index is 1110. The number of hydrogen-bond acceptors (Lipinski definition) is 3. The maximum absolute atomic E-state index is 13.3. The van der Waals surface area contributed by atoms with Crippen LogP contribution in [0.25, 0.3) is 11.1 Å². The van der Waals surface area contributed by atoms with Gasteiger partial charge in [0, 0.05) is 21.8 Å². The van der Waals surface area contributed by atoms with Gasteiger partial charge >= 0.3 is 0 Å². The van der Waals surface area contributed by atoms with E-state index < -0.39 is 10.0 Å². The minimum absolute atomic E-state index is 0.121. The molecule has 1 N–H and O–H groups in total. The Balaban J connectivity index is 1.80. The van der Waals surface area contributed by atoms with E-state index in [1.54, 1.807) is 24.3 Å². The van der Waals surface area contributed by atoms with Crippen molar-refractivity contribution in [2.24, 2.45) is 0 Å². The molecule has 4 rings (SSSR count). The van der Waals surface area contributed by atoms with Crippen molar-refractivity contribution in [3.05, 3.63) is 77.3 Å². The van der Waals surface area contributed by atoms with E-state index in [-0.39, 0.29) is 6.67 Å². The van der Waals surface area contributed by atoms with Crippen LogP contribution in [0.5, 0.6) is 0 Å². The maximum atomic E-state index is 13.3. The van der Waals surface area contributed by atoms with Crippen LogP contribution in [0.1, 0.15) is 12.5 Å². The Morgan fingerprint density at radius 3 is 2.56 bits per heavy atom. The van der Waals surface area contributed by atoms with Crippen LogP contribution in [0, 0.1) is 0 Å². The molecule has 0 amide bonds. The fraction of sp³-hybridized carbons (Fsp3) is 0.143. The van der Waals surface area contributed by atoms with Gasteiger partial charge in [-0.15, -0.1) is 0 Å². The van der Waals surface area contributed by atoms with E-state index in [0.717, 1.165) is 23.2 Å². The normalized spacial score (nSPS) is 14.4. The van der Waals surface area contributed by atoms with Crippen LogP contribution in [0.4, 0.5) is 11.4 Å². The minimum Gasteiger partial charge on any atom is -0.367 e. The molecule has 0 saturated heterocycles. The van der Waals surface area contributed by atoms with Crippen LogP contribution in [-0.4, -0.2) is 15.1 Å². The molecule has 1 aliphatic rings. The lowest BCUT2D eigenvalue weighted by atomic mass is 9.99. The largest absolute Gasteiger partial charge is 0.367 e. The van der Waals surface area contributed by atoms with Crippen LogP contribution in [0.2, 0.25) is 5.02 Å². The first-order valence-corrected chi connectivity index (χ1v) is 10.6. The van der Waals surface area contributed by atoms with Gasteiger partial charge in [-0.1, -0.05) is 48.9 Å². The molecule has 0 atom stereocenters. The van der Waals surface area contributed by atoms with Gasteiger partial charge in [-0.2, -0.15) is 0 Å². The molecule has 138 valence electrons. The summed E-state index contributed by atoms with van der Waals surface area (Å²) in [7, 11) is -3.66. The van der Waals surface area contributed by atoms with Crippen molar-refractivity contribution in [3.8, 4) is 11.1 Å². The van der Waals surface area contributed by atoms with Crippen molar-refractivity contribution in [2.75, 3.05) is 16.3 Å². The number of benzene rings is 3. The first-order valence-electron chi connectivity index (χ1n) is 8.75. The summed E-state index contributed by atoms with van der Waals surface area (Å²) >= 11 is 6.03. The second-order valence-electron chi connectivity index (χ2n) is 6.40. The topological polar surface area (TPSA) is 49.4 Å². The molecule has 0 radical (unpaired) electrons. The summed E-state index contributed by atoms with van der Waals surface area (Å²) in [5.74, 6) is 0. The van der Waals surface area contributed by atoms with Gasteiger partial charge in [0.05, 0.1) is 10.6 Å². The maximum Gasteiger partial charge on any atom is 0.266 e. The molecule has 0 aromatic heterocycles. The molecule has 1 heterocycles. The number of nitrogens with zero attached hydrogens (tertiary/aromatic N) is 1. The predicted octanol–water partition coefficient (Wildman–Crippen LogP) is 5.15. The molecule has 6 heteroatoms. The third kappa shape index (κ3) is 3.17. The lowest BCUT2D eigenvalue weighted by Gasteiger charge is -2.32. The van der Waals surface area contributed by atoms with E-state index in [1.165, 1.54) is 9.87 Å². The number of nitrogens with one attached hydrogen (secondary N) is 1. The van der Waals surface area contributed by atoms with Gasteiger partial charge in [0.1, 0.15) is 6.67 Å². The zero-order valence-electron chi connectivity index (χ0n) is 14.8. The average molecular weight is 399 g/mol. The molecule has 0 bridgehead atoms. The second kappa shape index (κ2) is 6.91. The summed E-state index contributed by atoms with van der Waals surface area (Å²) in [6, 6.07) is 20.3. The van der Waals surface area contributed by atoms with Gasteiger partial charge in [-0.25, -0.2) is 12.7 Å². The summed E-state index contributed by atoms with van der Waals surface area (Å²) in [6.45, 7) is 2.21. The highest BCUT2D eigenvalue weighted by Gasteiger charge is 2.34. The first kappa shape index (κ1) is 17.9. The molecule has 0 fully saturated rings. The SMILES string of the molecule is CCc1ccc2c(c1)-c1ccccc1S(=O)(=O)N2CNc1cccc(Cl)c1. The van der Waals surface area contributed by atoms with E-state index in [2.05, 4.69) is 18.3 Å². The predicted molar refractivity (Wildman–Crippen MR) is 111 cm³/mol. The number of halogens is 1. The third-order valence-electron chi connectivity index (χ3n) is 4.73. The zero-order valence-corrected chi connectivity index (χ0v) is 16.4. The Morgan fingerprint density at radius 1 is 0.963 bits per heavy atom. The van der Waals surface area contributed by atoms with Crippen molar-refractivity contribution in [1.82, 2.24) is 0 Å². The van der Waals surface area contributed by atoms with Gasteiger partial charge < -0.3 is 5.32 Å². The van der Waals surface area contributed by atoms with Gasteiger partial charge in [0.2, 0.25) is 0 Å². The molecule has 1 aliphatic heterocycles. The summed E-state index contributed by atoms with van der Waals surface area (Å²) in [5, 5.41) is 3.77. The van der Waals surface area contributed by atoms with E-state index >= 15 is 0 Å². The molecular weight excluding hydrogens is 380 g/mol. The smallest absolute Gasteiger partial charge is 0.266 e. The van der Waals surface area contributed by atoms with E-state index in [1.807, 2.05) is 36.4 Å². The summed E-state index contributed by atoms with van der Waals surface area (Å²) in [6.07, 6.45) is 0.892. The Labute approximate surface area is 164 Å². The zero-order chi connectivity index (χ0) is 19.0. The summed E-state index contributed by atoms with van der Waals surface area (Å²) in [5.41, 5.74) is 4.31. The lowest BCUT2D eigenvalue weighted by Crippen LogP contribution is -2.38. The highest BCUT2D eigenvalue weighted by molar-refractivity contribution is 7.93. The van der Waals surface area contributed by atoms with Gasteiger partial charge in [-0.05, 0) is 48.4 Å². The van der Waals surface area contributed by atoms with E-state index in [4.69, 9.17) is 11.6 Å². The Morgan fingerprint density at radius 2 is 1.78 bits per heavy atom. The Kier molecular flexibility index (Phi) is 4.58. The van der Waals surface area contributed by atoms with Gasteiger partial charge in [0.25, 0.3) is 10.0 Å². The van der Waals surface area contributed by atoms with Crippen LogP contribution in [-0.2, 0) is 16.4 Å². The number of fused-ring (bicyclic) bond motifs is 3. The molecule has 0 unspecified atom stereocenters. The van der Waals surface area contributed by atoms with Crippen LogP contribution in [0.3, 0.4) is 0 Å². The number of anilines is 2. The summed E-state index contributed by atoms with van der Waals surface area (Å²) in [4.78, 5) is 0.332.